The first-order chi connectivity index (χ1) is 10.1. The Labute approximate surface area is 133 Å². The number of carboxylic acids is 1. The lowest BCUT2D eigenvalue weighted by Gasteiger charge is -2.32. The summed E-state index contributed by atoms with van der Waals surface area (Å²) in [5, 5.41) is 9.92. The minimum Gasteiger partial charge on any atom is -0.477 e. The molecule has 7 heteroatoms. The standard InChI is InChI=1S/C15H18BNO4S/c1-14(2)15(3,4)21-16(20-14)8-5-6-9-10(7-8)22-12(11(9)17)13(18)19/h5-7H,17H2,1-4H3,(H,18,19). The van der Waals surface area contributed by atoms with Crippen molar-refractivity contribution in [3.63, 3.8) is 0 Å². The molecule has 1 aromatic heterocycles. The highest BCUT2D eigenvalue weighted by Crippen LogP contribution is 2.37. The first-order valence-electron chi connectivity index (χ1n) is 7.03. The minimum absolute atomic E-state index is 0.168. The van der Waals surface area contributed by atoms with Crippen molar-refractivity contribution in [3.8, 4) is 0 Å². The minimum atomic E-state index is -1.00. The molecule has 2 heterocycles. The fraction of sp³-hybridized carbons (Fsp3) is 0.400. The van der Waals surface area contributed by atoms with Gasteiger partial charge >= 0.3 is 13.1 Å². The Kier molecular flexibility index (Phi) is 3.29. The molecular formula is C15H18BNO4S. The van der Waals surface area contributed by atoms with Crippen molar-refractivity contribution in [2.75, 3.05) is 5.73 Å². The molecule has 1 fully saturated rings. The molecule has 0 bridgehead atoms. The number of thiophene rings is 1. The number of nitrogen functional groups attached to an aromatic ring is 1. The molecule has 0 radical (unpaired) electrons. The van der Waals surface area contributed by atoms with Crippen molar-refractivity contribution in [2.45, 2.75) is 38.9 Å². The van der Waals surface area contributed by atoms with Crippen LogP contribution in [0.25, 0.3) is 10.1 Å². The molecule has 2 aromatic rings. The van der Waals surface area contributed by atoms with E-state index in [2.05, 4.69) is 0 Å². The number of anilines is 1. The van der Waals surface area contributed by atoms with Gasteiger partial charge in [0.05, 0.1) is 16.9 Å². The van der Waals surface area contributed by atoms with E-state index in [4.69, 9.17) is 20.1 Å². The lowest BCUT2D eigenvalue weighted by molar-refractivity contribution is 0.00578. The van der Waals surface area contributed by atoms with Gasteiger partial charge in [0.1, 0.15) is 4.88 Å². The highest BCUT2D eigenvalue weighted by Gasteiger charge is 2.51. The zero-order valence-electron chi connectivity index (χ0n) is 13.0. The van der Waals surface area contributed by atoms with E-state index in [9.17, 15) is 4.79 Å². The van der Waals surface area contributed by atoms with Crippen LogP contribution in [0.15, 0.2) is 18.2 Å². The first kappa shape index (κ1) is 15.3. The summed E-state index contributed by atoms with van der Waals surface area (Å²) in [4.78, 5) is 11.4. The predicted molar refractivity (Wildman–Crippen MR) is 88.9 cm³/mol. The maximum atomic E-state index is 11.2. The second-order valence-electron chi connectivity index (χ2n) is 6.49. The molecular weight excluding hydrogens is 301 g/mol. The van der Waals surface area contributed by atoms with E-state index >= 15 is 0 Å². The number of rotatable bonds is 2. The summed E-state index contributed by atoms with van der Waals surface area (Å²) in [6.07, 6.45) is 0. The summed E-state index contributed by atoms with van der Waals surface area (Å²) in [5.74, 6) is -1.00. The van der Waals surface area contributed by atoms with Gasteiger partial charge in [-0.2, -0.15) is 0 Å². The Hall–Kier alpha value is -1.57. The van der Waals surface area contributed by atoms with E-state index in [-0.39, 0.29) is 4.88 Å². The normalized spacial score (nSPS) is 19.7. The molecule has 0 atom stereocenters. The van der Waals surface area contributed by atoms with Crippen molar-refractivity contribution in [1.82, 2.24) is 0 Å². The van der Waals surface area contributed by atoms with Crippen LogP contribution in [-0.4, -0.2) is 29.4 Å². The summed E-state index contributed by atoms with van der Waals surface area (Å²) in [7, 11) is -0.467. The van der Waals surface area contributed by atoms with Gasteiger partial charge in [0.2, 0.25) is 0 Å². The lowest BCUT2D eigenvalue weighted by atomic mass is 9.79. The van der Waals surface area contributed by atoms with Crippen LogP contribution in [0, 0.1) is 0 Å². The number of hydrogen-bond donors (Lipinski definition) is 2. The molecule has 3 rings (SSSR count). The highest BCUT2D eigenvalue weighted by molar-refractivity contribution is 7.21. The molecule has 1 aromatic carbocycles. The zero-order valence-corrected chi connectivity index (χ0v) is 13.8. The quantitative estimate of drug-likeness (QED) is 0.831. The van der Waals surface area contributed by atoms with Gasteiger partial charge in [-0.05, 0) is 39.2 Å². The second kappa shape index (κ2) is 4.71. The molecule has 3 N–H and O–H groups in total. The Morgan fingerprint density at radius 2 is 1.82 bits per heavy atom. The third-order valence-corrected chi connectivity index (χ3v) is 5.63. The van der Waals surface area contributed by atoms with Crippen LogP contribution >= 0.6 is 11.3 Å². The van der Waals surface area contributed by atoms with Crippen molar-refractivity contribution in [2.24, 2.45) is 0 Å². The summed E-state index contributed by atoms with van der Waals surface area (Å²) in [5.41, 5.74) is 6.26. The number of nitrogens with two attached hydrogens (primary N) is 1. The van der Waals surface area contributed by atoms with Crippen LogP contribution in [0.2, 0.25) is 0 Å². The van der Waals surface area contributed by atoms with Gasteiger partial charge in [-0.25, -0.2) is 4.79 Å². The van der Waals surface area contributed by atoms with Crippen molar-refractivity contribution >= 4 is 45.7 Å². The third-order valence-electron chi connectivity index (χ3n) is 4.47. The molecule has 0 spiro atoms. The van der Waals surface area contributed by atoms with Crippen LogP contribution < -0.4 is 11.2 Å². The fourth-order valence-electron chi connectivity index (χ4n) is 2.42. The average molecular weight is 319 g/mol. The number of hydrogen-bond acceptors (Lipinski definition) is 5. The largest absolute Gasteiger partial charge is 0.494 e. The summed E-state index contributed by atoms with van der Waals surface area (Å²) in [6.45, 7) is 7.99. The number of aromatic carboxylic acids is 1. The number of carboxylic acid groups (broad SMARTS) is 1. The average Bonchev–Trinajstić information content (AvgIpc) is 2.84. The second-order valence-corrected chi connectivity index (χ2v) is 7.55. The summed E-state index contributed by atoms with van der Waals surface area (Å²) in [6, 6.07) is 5.60. The monoisotopic (exact) mass is 319 g/mol. The van der Waals surface area contributed by atoms with Gasteiger partial charge < -0.3 is 20.1 Å². The Balaban J connectivity index is 2.02. The molecule has 0 aliphatic carbocycles. The van der Waals surface area contributed by atoms with Gasteiger partial charge in [-0.15, -0.1) is 11.3 Å². The van der Waals surface area contributed by atoms with E-state index in [0.717, 1.165) is 15.5 Å². The molecule has 0 saturated carbocycles. The zero-order chi connectivity index (χ0) is 16.3. The van der Waals surface area contributed by atoms with E-state index in [1.54, 1.807) is 0 Å². The van der Waals surface area contributed by atoms with Crippen LogP contribution in [0.1, 0.15) is 37.4 Å². The Morgan fingerprint density at radius 1 is 1.23 bits per heavy atom. The highest BCUT2D eigenvalue weighted by atomic mass is 32.1. The number of fused-ring (bicyclic) bond motifs is 1. The molecule has 1 saturated heterocycles. The Bertz CT molecular complexity index is 752. The molecule has 22 heavy (non-hydrogen) atoms. The summed E-state index contributed by atoms with van der Waals surface area (Å²) >= 11 is 1.17. The van der Waals surface area contributed by atoms with E-state index in [1.807, 2.05) is 45.9 Å². The van der Waals surface area contributed by atoms with Crippen molar-refractivity contribution in [3.05, 3.63) is 23.1 Å². The van der Waals surface area contributed by atoms with Crippen molar-refractivity contribution in [1.29, 1.82) is 0 Å². The molecule has 0 unspecified atom stereocenters. The molecule has 1 aliphatic heterocycles. The summed E-state index contributed by atoms with van der Waals surface area (Å²) < 4.78 is 12.9. The predicted octanol–water partition coefficient (Wildman–Crippen LogP) is 2.48. The van der Waals surface area contributed by atoms with Gasteiger partial charge in [0.15, 0.2) is 0 Å². The molecule has 1 aliphatic rings. The molecule has 5 nitrogen and oxygen atoms in total. The number of carbonyl (C=O) groups is 1. The molecule has 116 valence electrons. The van der Waals surface area contributed by atoms with E-state index in [1.165, 1.54) is 11.3 Å². The van der Waals surface area contributed by atoms with Crippen LogP contribution in [0.5, 0.6) is 0 Å². The number of benzene rings is 1. The SMILES string of the molecule is CC1(C)OB(c2ccc3c(N)c(C(=O)O)sc3c2)OC1(C)C. The van der Waals surface area contributed by atoms with E-state index in [0.29, 0.717) is 5.69 Å². The third kappa shape index (κ3) is 2.20. The van der Waals surface area contributed by atoms with Crippen molar-refractivity contribution < 1.29 is 19.2 Å². The maximum absolute atomic E-state index is 11.2. The van der Waals surface area contributed by atoms with Gasteiger partial charge in [-0.3, -0.25) is 0 Å². The fourth-order valence-corrected chi connectivity index (χ4v) is 3.43. The first-order valence-corrected chi connectivity index (χ1v) is 7.85. The van der Waals surface area contributed by atoms with Gasteiger partial charge in [0.25, 0.3) is 0 Å². The van der Waals surface area contributed by atoms with Crippen LogP contribution in [0.4, 0.5) is 5.69 Å². The lowest BCUT2D eigenvalue weighted by Crippen LogP contribution is -2.41. The smallest absolute Gasteiger partial charge is 0.477 e. The van der Waals surface area contributed by atoms with E-state index < -0.39 is 24.3 Å². The van der Waals surface area contributed by atoms with Crippen LogP contribution in [0.3, 0.4) is 0 Å². The van der Waals surface area contributed by atoms with Crippen LogP contribution in [-0.2, 0) is 9.31 Å². The Morgan fingerprint density at radius 3 is 2.36 bits per heavy atom. The topological polar surface area (TPSA) is 81.8 Å². The van der Waals surface area contributed by atoms with Gasteiger partial charge in [0, 0.05) is 10.1 Å². The van der Waals surface area contributed by atoms with Gasteiger partial charge in [-0.1, -0.05) is 12.1 Å². The molecule has 0 amide bonds. The maximum Gasteiger partial charge on any atom is 0.494 e.